The van der Waals surface area contributed by atoms with Crippen LogP contribution in [0.15, 0.2) is 30.3 Å². The number of alkyl halides is 1. The van der Waals surface area contributed by atoms with Gasteiger partial charge in [0.15, 0.2) is 0 Å². The Morgan fingerprint density at radius 3 is 2.47 bits per heavy atom. The van der Waals surface area contributed by atoms with E-state index in [2.05, 4.69) is 54.0 Å². The zero-order chi connectivity index (χ0) is 22.3. The third kappa shape index (κ3) is 3.76. The molecule has 5 fully saturated rings. The molecule has 5 heteroatoms. The number of hydrogen-bond acceptors (Lipinski definition) is 3. The molecule has 0 radical (unpaired) electrons. The summed E-state index contributed by atoms with van der Waals surface area (Å²) in [6.45, 7) is 9.72. The van der Waals surface area contributed by atoms with Crippen molar-refractivity contribution in [3.05, 3.63) is 30.3 Å². The van der Waals surface area contributed by atoms with Gasteiger partial charge in [0.2, 0.25) is 5.91 Å². The van der Waals surface area contributed by atoms with E-state index in [1.165, 1.54) is 37.9 Å². The first-order chi connectivity index (χ1) is 15.5. The fourth-order valence-corrected chi connectivity index (χ4v) is 7.55. The lowest BCUT2D eigenvalue weighted by atomic mass is 9.45. The van der Waals surface area contributed by atoms with Crippen LogP contribution in [-0.4, -0.2) is 60.0 Å². The monoisotopic (exact) mass is 457 g/mol. The Bertz CT molecular complexity index is 802. The molecule has 3 unspecified atom stereocenters. The van der Waals surface area contributed by atoms with Crippen molar-refractivity contribution in [1.82, 2.24) is 9.80 Å². The van der Waals surface area contributed by atoms with Gasteiger partial charge in [-0.05, 0) is 86.8 Å². The molecule has 176 valence electrons. The zero-order valence-corrected chi connectivity index (χ0v) is 20.7. The lowest BCUT2D eigenvalue weighted by molar-refractivity contribution is -0.133. The number of nitrogens with zero attached hydrogens (tertiary/aromatic N) is 3. The molecule has 5 aliphatic rings. The van der Waals surface area contributed by atoms with Gasteiger partial charge in [-0.3, -0.25) is 4.79 Å². The number of anilines is 1. The van der Waals surface area contributed by atoms with Gasteiger partial charge in [-0.2, -0.15) is 0 Å². The smallest absolute Gasteiger partial charge is 0.250 e. The largest absolute Gasteiger partial charge is 0.339 e. The van der Waals surface area contributed by atoms with Gasteiger partial charge in [-0.15, -0.1) is 11.6 Å². The Kier molecular flexibility index (Phi) is 6.22. The van der Waals surface area contributed by atoms with Crippen molar-refractivity contribution in [2.45, 2.75) is 64.3 Å². The van der Waals surface area contributed by atoms with Crippen LogP contribution in [0.4, 0.5) is 5.69 Å². The van der Waals surface area contributed by atoms with E-state index >= 15 is 0 Å². The van der Waals surface area contributed by atoms with Crippen LogP contribution in [0.3, 0.4) is 0 Å². The molecule has 0 N–H and O–H groups in total. The first kappa shape index (κ1) is 22.5. The Labute approximate surface area is 199 Å². The van der Waals surface area contributed by atoms with Crippen molar-refractivity contribution in [3.63, 3.8) is 0 Å². The van der Waals surface area contributed by atoms with Crippen LogP contribution in [0.25, 0.3) is 0 Å². The molecule has 1 amide bonds. The zero-order valence-electron chi connectivity index (χ0n) is 19.9. The van der Waals surface area contributed by atoms with E-state index in [0.717, 1.165) is 56.7 Å². The number of carbonyl (C=O) groups is 1. The molecule has 2 aliphatic heterocycles. The first-order valence-electron chi connectivity index (χ1n) is 12.9. The maximum atomic E-state index is 13.6. The van der Waals surface area contributed by atoms with Gasteiger partial charge in [0.25, 0.3) is 0 Å². The number of rotatable bonds is 7. The average molecular weight is 458 g/mol. The minimum absolute atomic E-state index is 0.320. The van der Waals surface area contributed by atoms with Crippen LogP contribution in [-0.2, 0) is 4.79 Å². The van der Waals surface area contributed by atoms with E-state index in [1.807, 2.05) is 4.90 Å². The number of amides is 1. The number of para-hydroxylation sites is 1. The number of benzene rings is 1. The Morgan fingerprint density at radius 1 is 1.06 bits per heavy atom. The summed E-state index contributed by atoms with van der Waals surface area (Å²) in [6.07, 6.45) is 8.41. The van der Waals surface area contributed by atoms with Gasteiger partial charge >= 0.3 is 0 Å². The molecule has 4 nitrogen and oxygen atoms in total. The molecule has 3 aliphatic carbocycles. The molecule has 2 bridgehead atoms. The predicted molar refractivity (Wildman–Crippen MR) is 132 cm³/mol. The molecule has 3 atom stereocenters. The van der Waals surface area contributed by atoms with E-state index in [0.29, 0.717) is 23.9 Å². The number of fused-ring (bicyclic) bond motifs is 2. The molecule has 2 saturated heterocycles. The fraction of sp³-hybridized carbons (Fsp3) is 0.741. The number of hydrogen-bond donors (Lipinski definition) is 0. The summed E-state index contributed by atoms with van der Waals surface area (Å²) in [7, 11) is 0. The Morgan fingerprint density at radius 2 is 1.81 bits per heavy atom. The summed E-state index contributed by atoms with van der Waals surface area (Å²) in [5.74, 6) is 3.76. The summed E-state index contributed by atoms with van der Waals surface area (Å²) in [5, 5.41) is 0. The van der Waals surface area contributed by atoms with Crippen LogP contribution < -0.4 is 4.90 Å². The molecule has 1 aromatic rings. The maximum absolute atomic E-state index is 13.6. The molecule has 6 rings (SSSR count). The van der Waals surface area contributed by atoms with Crippen molar-refractivity contribution in [3.8, 4) is 0 Å². The number of halogens is 1. The molecule has 32 heavy (non-hydrogen) atoms. The number of likely N-dealkylation sites (tertiary alicyclic amines) is 1. The second kappa shape index (κ2) is 8.83. The van der Waals surface area contributed by atoms with Crippen molar-refractivity contribution < 1.29 is 4.79 Å². The number of carbonyl (C=O) groups excluding carboxylic acids is 1. The Hall–Kier alpha value is -1.26. The quantitative estimate of drug-likeness (QED) is 0.525. The summed E-state index contributed by atoms with van der Waals surface area (Å²) < 4.78 is 0. The Balaban J connectivity index is 1.23. The fourth-order valence-electron chi connectivity index (χ4n) is 7.43. The lowest BCUT2D eigenvalue weighted by Crippen LogP contribution is -2.57. The summed E-state index contributed by atoms with van der Waals surface area (Å²) in [6, 6.07) is 10.5. The normalized spacial score (nSPS) is 31.2. The van der Waals surface area contributed by atoms with E-state index in [4.69, 9.17) is 11.6 Å². The van der Waals surface area contributed by atoms with Gasteiger partial charge in [-0.1, -0.05) is 32.0 Å². The van der Waals surface area contributed by atoms with E-state index < -0.39 is 0 Å². The SMILES string of the molecule is CC1(C)C2CCC(CCN3CCC4(CC3)C(=O)N(CCCCl)CN4c3ccccc3)C1C2. The molecular weight excluding hydrogens is 418 g/mol. The van der Waals surface area contributed by atoms with Gasteiger partial charge < -0.3 is 14.7 Å². The van der Waals surface area contributed by atoms with Crippen LogP contribution in [0, 0.1) is 23.2 Å². The highest BCUT2D eigenvalue weighted by Crippen LogP contribution is 2.62. The maximum Gasteiger partial charge on any atom is 0.250 e. The molecular formula is C27H40ClN3O. The molecule has 1 aromatic carbocycles. The highest BCUT2D eigenvalue weighted by molar-refractivity contribution is 6.17. The third-order valence-corrected chi connectivity index (χ3v) is 9.91. The van der Waals surface area contributed by atoms with Crippen molar-refractivity contribution in [1.29, 1.82) is 0 Å². The van der Waals surface area contributed by atoms with Crippen LogP contribution in [0.5, 0.6) is 0 Å². The molecule has 2 heterocycles. The van der Waals surface area contributed by atoms with Gasteiger partial charge in [0.1, 0.15) is 5.54 Å². The minimum Gasteiger partial charge on any atom is -0.339 e. The van der Waals surface area contributed by atoms with Crippen LogP contribution in [0.1, 0.15) is 58.8 Å². The van der Waals surface area contributed by atoms with E-state index in [-0.39, 0.29) is 5.54 Å². The standard InChI is InChI=1S/C27H40ClN3O/c1-26(2)22-10-9-21(24(26)19-22)11-16-29-17-12-27(13-18-29)25(32)30(15-6-14-28)20-31(27)23-7-4-3-5-8-23/h3-5,7-8,21-22,24H,6,9-20H2,1-2H3. The topological polar surface area (TPSA) is 26.8 Å². The molecule has 0 aromatic heterocycles. The van der Waals surface area contributed by atoms with Crippen molar-refractivity contribution in [2.24, 2.45) is 23.2 Å². The van der Waals surface area contributed by atoms with Crippen LogP contribution >= 0.6 is 11.6 Å². The highest BCUT2D eigenvalue weighted by Gasteiger charge is 2.55. The molecule has 3 saturated carbocycles. The summed E-state index contributed by atoms with van der Waals surface area (Å²) in [5.41, 5.74) is 1.37. The van der Waals surface area contributed by atoms with Crippen molar-refractivity contribution in [2.75, 3.05) is 43.6 Å². The summed E-state index contributed by atoms with van der Waals surface area (Å²) in [4.78, 5) is 20.7. The first-order valence-corrected chi connectivity index (χ1v) is 13.4. The van der Waals surface area contributed by atoms with Gasteiger partial charge in [0.05, 0.1) is 6.67 Å². The second-order valence-electron chi connectivity index (χ2n) is 11.4. The summed E-state index contributed by atoms with van der Waals surface area (Å²) >= 11 is 5.95. The average Bonchev–Trinajstić information content (AvgIpc) is 3.09. The predicted octanol–water partition coefficient (Wildman–Crippen LogP) is 5.22. The van der Waals surface area contributed by atoms with E-state index in [9.17, 15) is 4.79 Å². The van der Waals surface area contributed by atoms with Crippen molar-refractivity contribution >= 4 is 23.2 Å². The number of piperidine rings is 1. The minimum atomic E-state index is -0.377. The third-order valence-electron chi connectivity index (χ3n) is 9.64. The van der Waals surface area contributed by atoms with E-state index in [1.54, 1.807) is 0 Å². The lowest BCUT2D eigenvalue weighted by Gasteiger charge is -2.60. The second-order valence-corrected chi connectivity index (χ2v) is 11.8. The van der Waals surface area contributed by atoms with Gasteiger partial charge in [0, 0.05) is 31.2 Å². The van der Waals surface area contributed by atoms with Crippen LogP contribution in [0.2, 0.25) is 0 Å². The van der Waals surface area contributed by atoms with Gasteiger partial charge in [-0.25, -0.2) is 0 Å². The highest BCUT2D eigenvalue weighted by atomic mass is 35.5. The molecule has 1 spiro atoms.